The third-order valence-electron chi connectivity index (χ3n) is 3.16. The van der Waals surface area contributed by atoms with Gasteiger partial charge in [0, 0.05) is 23.2 Å². The lowest BCUT2D eigenvalue weighted by atomic mass is 10.2. The van der Waals surface area contributed by atoms with Crippen LogP contribution in [0.3, 0.4) is 0 Å². The van der Waals surface area contributed by atoms with Crippen LogP contribution in [0.2, 0.25) is 0 Å². The van der Waals surface area contributed by atoms with E-state index in [0.29, 0.717) is 17.1 Å². The van der Waals surface area contributed by atoms with Crippen molar-refractivity contribution in [3.8, 4) is 0 Å². The van der Waals surface area contributed by atoms with Gasteiger partial charge in [0.05, 0.1) is 6.54 Å². The zero-order valence-corrected chi connectivity index (χ0v) is 13.9. The fourth-order valence-corrected chi connectivity index (χ4v) is 4.46. The number of thiazole rings is 1. The van der Waals surface area contributed by atoms with Crippen molar-refractivity contribution >= 4 is 21.4 Å². The standard InChI is InChI=1S/C13H19N3O3S2/c1-4-10-6-15-12(20-10)7-16-21(17,18)13-9(3)19-8(2)11(13)5-14/h6,16H,4-5,7,14H2,1-3H3. The Hall–Kier alpha value is -1.22. The summed E-state index contributed by atoms with van der Waals surface area (Å²) in [5, 5.41) is 0.739. The largest absolute Gasteiger partial charge is 0.465 e. The van der Waals surface area contributed by atoms with Crippen molar-refractivity contribution in [1.29, 1.82) is 0 Å². The Balaban J connectivity index is 2.22. The molecule has 2 aromatic rings. The summed E-state index contributed by atoms with van der Waals surface area (Å²) in [7, 11) is -3.67. The van der Waals surface area contributed by atoms with Crippen molar-refractivity contribution in [3.63, 3.8) is 0 Å². The Morgan fingerprint density at radius 1 is 1.38 bits per heavy atom. The molecule has 0 fully saturated rings. The Morgan fingerprint density at radius 3 is 2.67 bits per heavy atom. The van der Waals surface area contributed by atoms with Crippen LogP contribution in [0.15, 0.2) is 15.5 Å². The molecular formula is C13H19N3O3S2. The fraction of sp³-hybridized carbons (Fsp3) is 0.462. The first-order valence-electron chi connectivity index (χ1n) is 6.61. The highest BCUT2D eigenvalue weighted by Crippen LogP contribution is 2.26. The van der Waals surface area contributed by atoms with Gasteiger partial charge in [-0.25, -0.2) is 18.1 Å². The first-order valence-corrected chi connectivity index (χ1v) is 8.91. The molecule has 116 valence electrons. The van der Waals surface area contributed by atoms with E-state index in [9.17, 15) is 8.42 Å². The molecule has 2 heterocycles. The number of nitrogens with zero attached hydrogens (tertiary/aromatic N) is 1. The number of furan rings is 1. The Morgan fingerprint density at radius 2 is 2.10 bits per heavy atom. The van der Waals surface area contributed by atoms with E-state index in [1.807, 2.05) is 6.92 Å². The molecule has 0 aromatic carbocycles. The molecule has 0 aliphatic carbocycles. The summed E-state index contributed by atoms with van der Waals surface area (Å²) in [6.07, 6.45) is 2.66. The van der Waals surface area contributed by atoms with Crippen LogP contribution in [0.4, 0.5) is 0 Å². The third kappa shape index (κ3) is 3.34. The van der Waals surface area contributed by atoms with E-state index in [-0.39, 0.29) is 18.0 Å². The molecule has 0 saturated carbocycles. The van der Waals surface area contributed by atoms with Gasteiger partial charge in [0.2, 0.25) is 10.0 Å². The van der Waals surface area contributed by atoms with Crippen LogP contribution in [-0.2, 0) is 29.5 Å². The maximum absolute atomic E-state index is 12.4. The van der Waals surface area contributed by atoms with Gasteiger partial charge >= 0.3 is 0 Å². The zero-order chi connectivity index (χ0) is 15.6. The second-order valence-corrected chi connectivity index (χ2v) is 7.53. The molecule has 2 rings (SSSR count). The summed E-state index contributed by atoms with van der Waals surface area (Å²) < 4.78 is 32.8. The lowest BCUT2D eigenvalue weighted by Gasteiger charge is -2.06. The van der Waals surface area contributed by atoms with Gasteiger partial charge in [0.1, 0.15) is 21.4 Å². The molecule has 0 aliphatic heterocycles. The summed E-state index contributed by atoms with van der Waals surface area (Å²) in [4.78, 5) is 5.47. The van der Waals surface area contributed by atoms with Crippen molar-refractivity contribution in [2.24, 2.45) is 5.73 Å². The molecular weight excluding hydrogens is 310 g/mol. The van der Waals surface area contributed by atoms with Crippen molar-refractivity contribution in [2.45, 2.75) is 45.2 Å². The molecule has 0 amide bonds. The van der Waals surface area contributed by atoms with E-state index in [4.69, 9.17) is 10.2 Å². The van der Waals surface area contributed by atoms with E-state index < -0.39 is 10.0 Å². The van der Waals surface area contributed by atoms with Crippen molar-refractivity contribution in [3.05, 3.63) is 33.2 Å². The van der Waals surface area contributed by atoms with Crippen LogP contribution in [0, 0.1) is 13.8 Å². The fourth-order valence-electron chi connectivity index (χ4n) is 2.12. The van der Waals surface area contributed by atoms with E-state index >= 15 is 0 Å². The lowest BCUT2D eigenvalue weighted by Crippen LogP contribution is -2.25. The van der Waals surface area contributed by atoms with Crippen LogP contribution in [0.5, 0.6) is 0 Å². The quantitative estimate of drug-likeness (QED) is 0.843. The van der Waals surface area contributed by atoms with Crippen molar-refractivity contribution < 1.29 is 12.8 Å². The molecule has 8 heteroatoms. The molecule has 2 aromatic heterocycles. The molecule has 0 aliphatic rings. The molecule has 3 N–H and O–H groups in total. The van der Waals surface area contributed by atoms with Crippen LogP contribution in [0.25, 0.3) is 0 Å². The Bertz CT molecular complexity index is 732. The van der Waals surface area contributed by atoms with Gasteiger partial charge in [-0.1, -0.05) is 6.92 Å². The minimum atomic E-state index is -3.67. The van der Waals surface area contributed by atoms with Crippen LogP contribution in [-0.4, -0.2) is 13.4 Å². The molecule has 6 nitrogen and oxygen atoms in total. The molecule has 0 unspecified atom stereocenters. The molecule has 21 heavy (non-hydrogen) atoms. The summed E-state index contributed by atoms with van der Waals surface area (Å²) in [5.74, 6) is 0.895. The van der Waals surface area contributed by atoms with Gasteiger partial charge < -0.3 is 10.2 Å². The predicted molar refractivity (Wildman–Crippen MR) is 81.6 cm³/mol. The maximum Gasteiger partial charge on any atom is 0.244 e. The first kappa shape index (κ1) is 16.2. The van der Waals surface area contributed by atoms with Gasteiger partial charge in [0.15, 0.2) is 0 Å². The topological polar surface area (TPSA) is 98.2 Å². The highest BCUT2D eigenvalue weighted by molar-refractivity contribution is 7.89. The van der Waals surface area contributed by atoms with Gasteiger partial charge in [-0.3, -0.25) is 0 Å². The molecule has 0 atom stereocenters. The van der Waals surface area contributed by atoms with E-state index in [2.05, 4.69) is 9.71 Å². The number of sulfonamides is 1. The summed E-state index contributed by atoms with van der Waals surface area (Å²) >= 11 is 1.50. The first-order chi connectivity index (χ1) is 9.89. The van der Waals surface area contributed by atoms with Gasteiger partial charge in [-0.15, -0.1) is 11.3 Å². The Kier molecular flexibility index (Phi) is 4.82. The number of nitrogens with one attached hydrogen (secondary N) is 1. The molecule has 0 bridgehead atoms. The summed E-state index contributed by atoms with van der Waals surface area (Å²) in [6.45, 7) is 5.66. The number of nitrogens with two attached hydrogens (primary N) is 1. The second kappa shape index (κ2) is 6.27. The van der Waals surface area contributed by atoms with E-state index in [1.54, 1.807) is 20.0 Å². The predicted octanol–water partition coefficient (Wildman–Crippen LogP) is 1.85. The average Bonchev–Trinajstić information content (AvgIpc) is 3.00. The van der Waals surface area contributed by atoms with Crippen LogP contribution >= 0.6 is 11.3 Å². The average molecular weight is 329 g/mol. The highest BCUT2D eigenvalue weighted by atomic mass is 32.2. The molecule has 0 radical (unpaired) electrons. The molecule has 0 spiro atoms. The normalized spacial score (nSPS) is 12.0. The molecule has 0 saturated heterocycles. The summed E-state index contributed by atoms with van der Waals surface area (Å²) in [5.41, 5.74) is 6.15. The number of aromatic nitrogens is 1. The van der Waals surface area contributed by atoms with E-state index in [1.165, 1.54) is 11.3 Å². The van der Waals surface area contributed by atoms with Gasteiger partial charge in [0.25, 0.3) is 0 Å². The maximum atomic E-state index is 12.4. The number of rotatable bonds is 6. The number of hydrogen-bond donors (Lipinski definition) is 2. The highest BCUT2D eigenvalue weighted by Gasteiger charge is 2.26. The monoisotopic (exact) mass is 329 g/mol. The zero-order valence-electron chi connectivity index (χ0n) is 12.3. The van der Waals surface area contributed by atoms with Crippen molar-refractivity contribution in [1.82, 2.24) is 9.71 Å². The smallest absolute Gasteiger partial charge is 0.244 e. The number of hydrogen-bond acceptors (Lipinski definition) is 6. The second-order valence-electron chi connectivity index (χ2n) is 4.62. The van der Waals surface area contributed by atoms with E-state index in [0.717, 1.165) is 16.3 Å². The SMILES string of the molecule is CCc1cnc(CNS(=O)(=O)c2c(C)oc(C)c2CN)s1. The number of aryl methyl sites for hydroxylation is 3. The van der Waals surface area contributed by atoms with Crippen LogP contribution < -0.4 is 10.5 Å². The third-order valence-corrected chi connectivity index (χ3v) is 5.90. The Labute approximate surface area is 128 Å². The van der Waals surface area contributed by atoms with Crippen LogP contribution in [0.1, 0.15) is 33.9 Å². The minimum absolute atomic E-state index is 0.122. The van der Waals surface area contributed by atoms with Crippen molar-refractivity contribution in [2.75, 3.05) is 0 Å². The van der Waals surface area contributed by atoms with Gasteiger partial charge in [-0.2, -0.15) is 0 Å². The van der Waals surface area contributed by atoms with Gasteiger partial charge in [-0.05, 0) is 20.3 Å². The summed E-state index contributed by atoms with van der Waals surface area (Å²) in [6, 6.07) is 0. The minimum Gasteiger partial charge on any atom is -0.465 e. The lowest BCUT2D eigenvalue weighted by molar-refractivity contribution is 0.494.